The fraction of sp³-hybridized carbons (Fsp3) is 0.500. The number of amides is 2. The first-order valence-corrected chi connectivity index (χ1v) is 15.6. The zero-order valence-electron chi connectivity index (χ0n) is 25.4. The average Bonchev–Trinajstić information content (AvgIpc) is 3.50. The molecule has 2 aromatic rings. The largest absolute Gasteiger partial charge is 0.507 e. The van der Waals surface area contributed by atoms with Gasteiger partial charge in [0.25, 0.3) is 0 Å². The van der Waals surface area contributed by atoms with Crippen LogP contribution in [0.2, 0.25) is 0 Å². The number of aryl methyl sites for hydroxylation is 2. The zero-order chi connectivity index (χ0) is 29.5. The predicted molar refractivity (Wildman–Crippen MR) is 165 cm³/mol. The number of rotatable bonds is 7. The first kappa shape index (κ1) is 28.9. The summed E-state index contributed by atoms with van der Waals surface area (Å²) in [5.74, 6) is -0.0477. The molecule has 0 unspecified atom stereocenters. The van der Waals surface area contributed by atoms with E-state index in [1.54, 1.807) is 4.90 Å². The van der Waals surface area contributed by atoms with Gasteiger partial charge in [-0.3, -0.25) is 19.4 Å². The number of aromatic hydroxyl groups is 1. The number of imide groups is 1. The molecule has 2 aromatic carbocycles. The van der Waals surface area contributed by atoms with Gasteiger partial charge in [-0.05, 0) is 99.8 Å². The van der Waals surface area contributed by atoms with E-state index in [9.17, 15) is 14.7 Å². The van der Waals surface area contributed by atoms with Crippen molar-refractivity contribution in [2.45, 2.75) is 78.5 Å². The highest BCUT2D eigenvalue weighted by molar-refractivity contribution is 6.06. The molecule has 3 saturated heterocycles. The number of nitrogens with zero attached hydrogens (tertiary/aromatic N) is 2. The van der Waals surface area contributed by atoms with Crippen LogP contribution in [0, 0.1) is 31.6 Å². The van der Waals surface area contributed by atoms with Crippen LogP contribution in [-0.2, 0) is 20.9 Å². The number of carbonyl (C=O) groups is 2. The Kier molecular flexibility index (Phi) is 8.12. The summed E-state index contributed by atoms with van der Waals surface area (Å²) < 4.78 is 6.36. The molecule has 6 heteroatoms. The van der Waals surface area contributed by atoms with E-state index < -0.39 is 0 Å². The molecule has 4 aliphatic rings. The SMILES string of the molecule is CC1=C2[C@@H](CC/C(C)=C/c3cc(C)c(O)c(C)c3)OC[C@@H]2[C@@H]2C(=O)N(C3CCN(Cc4ccccc4)CC3)C(=O)[C@@H]2C1. The minimum absolute atomic E-state index is 0.000711. The number of benzene rings is 2. The van der Waals surface area contributed by atoms with Crippen LogP contribution in [0.25, 0.3) is 6.08 Å². The molecule has 1 N–H and O–H groups in total. The van der Waals surface area contributed by atoms with Crippen molar-refractivity contribution >= 4 is 17.9 Å². The van der Waals surface area contributed by atoms with Gasteiger partial charge in [-0.25, -0.2) is 0 Å². The Morgan fingerprint density at radius 2 is 1.69 bits per heavy atom. The summed E-state index contributed by atoms with van der Waals surface area (Å²) in [7, 11) is 0. The number of phenols is 1. The molecule has 222 valence electrons. The second-order valence-electron chi connectivity index (χ2n) is 13.1. The molecule has 3 aliphatic heterocycles. The lowest BCUT2D eigenvalue weighted by Gasteiger charge is -2.36. The maximum Gasteiger partial charge on any atom is 0.234 e. The molecule has 6 nitrogen and oxygen atoms in total. The molecule has 42 heavy (non-hydrogen) atoms. The second-order valence-corrected chi connectivity index (χ2v) is 13.1. The number of hydrogen-bond acceptors (Lipinski definition) is 5. The summed E-state index contributed by atoms with van der Waals surface area (Å²) >= 11 is 0. The predicted octanol–water partition coefficient (Wildman–Crippen LogP) is 6.19. The van der Waals surface area contributed by atoms with Crippen LogP contribution in [0.5, 0.6) is 5.75 Å². The highest BCUT2D eigenvalue weighted by Crippen LogP contribution is 2.50. The van der Waals surface area contributed by atoms with Crippen molar-refractivity contribution in [1.29, 1.82) is 0 Å². The van der Waals surface area contributed by atoms with Gasteiger partial charge in [-0.2, -0.15) is 0 Å². The number of hydrogen-bond donors (Lipinski definition) is 1. The number of allylic oxidation sites excluding steroid dienone is 2. The van der Waals surface area contributed by atoms with Gasteiger partial charge in [-0.1, -0.05) is 47.6 Å². The van der Waals surface area contributed by atoms with Crippen LogP contribution in [0.15, 0.2) is 59.2 Å². The van der Waals surface area contributed by atoms with Crippen molar-refractivity contribution in [3.05, 3.63) is 81.4 Å². The highest BCUT2D eigenvalue weighted by atomic mass is 16.5. The lowest BCUT2D eigenvalue weighted by molar-refractivity contribution is -0.144. The summed E-state index contributed by atoms with van der Waals surface area (Å²) in [5.41, 5.74) is 7.96. The summed E-state index contributed by atoms with van der Waals surface area (Å²) in [5, 5.41) is 10.1. The van der Waals surface area contributed by atoms with E-state index in [1.165, 1.54) is 22.3 Å². The van der Waals surface area contributed by atoms with Crippen molar-refractivity contribution in [3.8, 4) is 5.75 Å². The number of carbonyl (C=O) groups excluding carboxylic acids is 2. The summed E-state index contributed by atoms with van der Waals surface area (Å²) in [6.07, 6.45) is 6.31. The summed E-state index contributed by atoms with van der Waals surface area (Å²) in [4.78, 5) is 31.7. The molecule has 1 aliphatic carbocycles. The van der Waals surface area contributed by atoms with E-state index in [0.29, 0.717) is 18.8 Å². The van der Waals surface area contributed by atoms with E-state index in [2.05, 4.69) is 49.1 Å². The minimum atomic E-state index is -0.275. The Hall–Kier alpha value is -3.22. The van der Waals surface area contributed by atoms with Crippen molar-refractivity contribution < 1.29 is 19.4 Å². The maximum absolute atomic E-state index is 13.9. The van der Waals surface area contributed by atoms with Crippen molar-refractivity contribution in [1.82, 2.24) is 9.80 Å². The number of likely N-dealkylation sites (tertiary alicyclic amines) is 2. The fourth-order valence-electron chi connectivity index (χ4n) is 7.98. The molecule has 0 saturated carbocycles. The van der Waals surface area contributed by atoms with Gasteiger partial charge in [0, 0.05) is 31.6 Å². The maximum atomic E-state index is 13.9. The number of piperidine rings is 1. The summed E-state index contributed by atoms with van der Waals surface area (Å²) in [6, 6.07) is 14.5. The molecular weight excluding hydrogens is 524 g/mol. The van der Waals surface area contributed by atoms with Gasteiger partial charge < -0.3 is 9.84 Å². The number of fused-ring (bicyclic) bond motifs is 3. The first-order chi connectivity index (χ1) is 20.2. The highest BCUT2D eigenvalue weighted by Gasteiger charge is 2.57. The molecule has 0 spiro atoms. The quantitative estimate of drug-likeness (QED) is 0.319. The Morgan fingerprint density at radius 3 is 2.38 bits per heavy atom. The lowest BCUT2D eigenvalue weighted by Crippen LogP contribution is -2.47. The fourth-order valence-corrected chi connectivity index (χ4v) is 7.98. The van der Waals surface area contributed by atoms with Gasteiger partial charge in [0.15, 0.2) is 0 Å². The third kappa shape index (κ3) is 5.47. The van der Waals surface area contributed by atoms with Crippen molar-refractivity contribution in [2.24, 2.45) is 17.8 Å². The van der Waals surface area contributed by atoms with Gasteiger partial charge >= 0.3 is 0 Å². The summed E-state index contributed by atoms with van der Waals surface area (Å²) in [6.45, 7) is 11.4. The van der Waals surface area contributed by atoms with E-state index in [0.717, 1.165) is 62.0 Å². The molecule has 3 fully saturated rings. The van der Waals surface area contributed by atoms with Gasteiger partial charge in [0.2, 0.25) is 11.8 Å². The van der Waals surface area contributed by atoms with E-state index in [4.69, 9.17) is 4.74 Å². The standard InChI is InChI=1S/C36H44N2O4/c1-22(16-27-17-24(3)34(39)25(4)18-27)10-11-31-32-23(2)19-29-33(30(32)21-42-31)36(41)38(35(29)40)28-12-14-37(15-13-28)20-26-8-6-5-7-9-26/h5-9,16-18,28-31,33,39H,10-15,19-21H2,1-4H3/b22-16+/t29-,30+,31-,33-/m1/s1. The molecule has 2 amide bonds. The topological polar surface area (TPSA) is 70.1 Å². The van der Waals surface area contributed by atoms with E-state index in [-0.39, 0.29) is 41.7 Å². The molecule has 0 bridgehead atoms. The minimum Gasteiger partial charge on any atom is -0.507 e. The van der Waals surface area contributed by atoms with Crippen LogP contribution < -0.4 is 0 Å². The van der Waals surface area contributed by atoms with Gasteiger partial charge in [0.1, 0.15) is 5.75 Å². The van der Waals surface area contributed by atoms with E-state index in [1.807, 2.05) is 32.0 Å². The van der Waals surface area contributed by atoms with Gasteiger partial charge in [0.05, 0.1) is 24.5 Å². The van der Waals surface area contributed by atoms with Crippen LogP contribution in [0.3, 0.4) is 0 Å². The number of phenolic OH excluding ortho intramolecular Hbond substituents is 1. The third-order valence-electron chi connectivity index (χ3n) is 10.1. The third-order valence-corrected chi connectivity index (χ3v) is 10.1. The molecule has 0 aromatic heterocycles. The Bertz CT molecular complexity index is 1400. The van der Waals surface area contributed by atoms with Crippen LogP contribution in [0.4, 0.5) is 0 Å². The normalized spacial score (nSPS) is 27.1. The van der Waals surface area contributed by atoms with Gasteiger partial charge in [-0.15, -0.1) is 0 Å². The smallest absolute Gasteiger partial charge is 0.234 e. The van der Waals surface area contributed by atoms with E-state index >= 15 is 0 Å². The molecular formula is C36H44N2O4. The van der Waals surface area contributed by atoms with Crippen LogP contribution in [0.1, 0.15) is 68.2 Å². The number of ether oxygens (including phenoxy) is 1. The Labute approximate surface area is 250 Å². The van der Waals surface area contributed by atoms with Crippen LogP contribution in [-0.4, -0.2) is 58.6 Å². The molecule has 6 rings (SSSR count). The van der Waals surface area contributed by atoms with Crippen molar-refractivity contribution in [3.63, 3.8) is 0 Å². The molecule has 3 heterocycles. The zero-order valence-corrected chi connectivity index (χ0v) is 25.4. The first-order valence-electron chi connectivity index (χ1n) is 15.6. The molecule has 0 radical (unpaired) electrons. The monoisotopic (exact) mass is 568 g/mol. The van der Waals surface area contributed by atoms with Crippen molar-refractivity contribution in [2.75, 3.05) is 19.7 Å². The van der Waals surface area contributed by atoms with Crippen LogP contribution >= 0.6 is 0 Å². The molecule has 4 atom stereocenters. The lowest BCUT2D eigenvalue weighted by atomic mass is 9.70. The Balaban J connectivity index is 1.09. The second kappa shape index (κ2) is 11.8. The Morgan fingerprint density at radius 1 is 1.00 bits per heavy atom. The average molecular weight is 569 g/mol.